The Morgan fingerprint density at radius 2 is 2.07 bits per heavy atom. The summed E-state index contributed by atoms with van der Waals surface area (Å²) in [6.45, 7) is 0.702. The molecule has 2 N–H and O–H groups in total. The van der Waals surface area contributed by atoms with Gasteiger partial charge < -0.3 is 10.3 Å². The molecular formula is C22H25N3O2S2. The monoisotopic (exact) mass is 427 g/mol. The number of thioether (sulfide) groups is 1. The van der Waals surface area contributed by atoms with Crippen LogP contribution < -0.4 is 10.9 Å². The fraction of sp³-hybridized carbons (Fsp3) is 0.409. The van der Waals surface area contributed by atoms with Crippen molar-refractivity contribution in [2.24, 2.45) is 0 Å². The molecule has 0 unspecified atom stereocenters. The van der Waals surface area contributed by atoms with Crippen molar-refractivity contribution in [2.75, 3.05) is 12.3 Å². The van der Waals surface area contributed by atoms with E-state index in [-0.39, 0.29) is 11.5 Å². The van der Waals surface area contributed by atoms with E-state index in [0.717, 1.165) is 48.7 Å². The highest BCUT2D eigenvalue weighted by atomic mass is 32.2. The van der Waals surface area contributed by atoms with E-state index in [9.17, 15) is 9.59 Å². The topological polar surface area (TPSA) is 74.8 Å². The molecule has 2 heterocycles. The Kier molecular flexibility index (Phi) is 6.67. The average molecular weight is 428 g/mol. The van der Waals surface area contributed by atoms with Gasteiger partial charge in [0.05, 0.1) is 16.9 Å². The van der Waals surface area contributed by atoms with E-state index in [1.165, 1.54) is 27.8 Å². The van der Waals surface area contributed by atoms with E-state index >= 15 is 0 Å². The van der Waals surface area contributed by atoms with Crippen LogP contribution in [-0.2, 0) is 29.8 Å². The van der Waals surface area contributed by atoms with Gasteiger partial charge in [-0.3, -0.25) is 9.59 Å². The van der Waals surface area contributed by atoms with Gasteiger partial charge in [-0.2, -0.15) is 0 Å². The molecule has 1 aliphatic rings. The third-order valence-electron chi connectivity index (χ3n) is 5.15. The lowest BCUT2D eigenvalue weighted by atomic mass is 10.1. The number of thiophene rings is 1. The van der Waals surface area contributed by atoms with Crippen LogP contribution in [0.3, 0.4) is 0 Å². The Morgan fingerprint density at radius 1 is 1.21 bits per heavy atom. The van der Waals surface area contributed by atoms with Gasteiger partial charge >= 0.3 is 0 Å². The Bertz CT molecular complexity index is 1040. The number of carbonyl (C=O) groups is 1. The third kappa shape index (κ3) is 5.08. The lowest BCUT2D eigenvalue weighted by Gasteiger charge is -2.06. The molecule has 0 bridgehead atoms. The zero-order chi connectivity index (χ0) is 20.1. The van der Waals surface area contributed by atoms with E-state index in [4.69, 9.17) is 0 Å². The zero-order valence-corrected chi connectivity index (χ0v) is 18.0. The van der Waals surface area contributed by atoms with E-state index < -0.39 is 0 Å². The van der Waals surface area contributed by atoms with Gasteiger partial charge in [0.2, 0.25) is 5.91 Å². The smallest absolute Gasteiger partial charge is 0.259 e. The van der Waals surface area contributed by atoms with Gasteiger partial charge in [-0.05, 0) is 49.7 Å². The quantitative estimate of drug-likeness (QED) is 0.509. The average Bonchev–Trinajstić information content (AvgIpc) is 3.29. The molecule has 0 atom stereocenters. The molecule has 0 saturated carbocycles. The summed E-state index contributed by atoms with van der Waals surface area (Å²) >= 11 is 3.13. The molecule has 29 heavy (non-hydrogen) atoms. The molecule has 0 fully saturated rings. The predicted octanol–water partition coefficient (Wildman–Crippen LogP) is 3.85. The number of carbonyl (C=O) groups excluding carboxylic acids is 1. The molecule has 4 rings (SSSR count). The second kappa shape index (κ2) is 9.59. The maximum absolute atomic E-state index is 12.4. The number of fused-ring (bicyclic) bond motifs is 3. The standard InChI is InChI=1S/C22H25N3O2S2/c26-19(23-12-5-4-9-15-7-2-1-3-8-15)14-28-13-18-24-21(27)20-16-10-6-11-17(16)29-22(20)25-18/h1-3,7-8H,4-6,9-14H2,(H,23,26)(H,24,25,27). The summed E-state index contributed by atoms with van der Waals surface area (Å²) in [5, 5.41) is 3.75. The molecule has 0 radical (unpaired) electrons. The normalized spacial score (nSPS) is 13.0. The third-order valence-corrected chi connectivity index (χ3v) is 7.28. The minimum absolute atomic E-state index is 0.0344. The number of aromatic amines is 1. The Labute approximate surface area is 178 Å². The number of hydrogen-bond acceptors (Lipinski definition) is 5. The maximum Gasteiger partial charge on any atom is 0.259 e. The van der Waals surface area contributed by atoms with Crippen molar-refractivity contribution >= 4 is 39.2 Å². The summed E-state index contributed by atoms with van der Waals surface area (Å²) < 4.78 is 0. The Morgan fingerprint density at radius 3 is 2.93 bits per heavy atom. The second-order valence-electron chi connectivity index (χ2n) is 7.34. The molecular weight excluding hydrogens is 402 g/mol. The van der Waals surface area contributed by atoms with Crippen molar-refractivity contribution in [3.63, 3.8) is 0 Å². The van der Waals surface area contributed by atoms with Crippen LogP contribution in [0, 0.1) is 0 Å². The summed E-state index contributed by atoms with van der Waals surface area (Å²) in [6.07, 6.45) is 6.26. The molecule has 2 aromatic heterocycles. The number of rotatable bonds is 9. The van der Waals surface area contributed by atoms with Crippen molar-refractivity contribution in [3.05, 3.63) is 62.5 Å². The molecule has 1 amide bonds. The lowest BCUT2D eigenvalue weighted by Crippen LogP contribution is -2.26. The maximum atomic E-state index is 12.4. The van der Waals surface area contributed by atoms with Gasteiger partial charge in [-0.15, -0.1) is 23.1 Å². The molecule has 7 heteroatoms. The van der Waals surface area contributed by atoms with Crippen LogP contribution in [0.4, 0.5) is 0 Å². The molecule has 0 aliphatic heterocycles. The lowest BCUT2D eigenvalue weighted by molar-refractivity contribution is -0.118. The molecule has 0 spiro atoms. The summed E-state index contributed by atoms with van der Waals surface area (Å²) in [6, 6.07) is 10.4. The number of aromatic nitrogens is 2. The van der Waals surface area contributed by atoms with Gasteiger partial charge in [0.25, 0.3) is 5.56 Å². The van der Waals surface area contributed by atoms with Crippen LogP contribution in [0.1, 0.15) is 41.1 Å². The van der Waals surface area contributed by atoms with E-state index in [1.807, 2.05) is 6.07 Å². The Balaban J connectivity index is 1.18. The second-order valence-corrected chi connectivity index (χ2v) is 9.40. The van der Waals surface area contributed by atoms with E-state index in [1.54, 1.807) is 11.3 Å². The minimum atomic E-state index is -0.0344. The van der Waals surface area contributed by atoms with Crippen molar-refractivity contribution in [2.45, 2.75) is 44.3 Å². The SMILES string of the molecule is O=C(CSCc1nc2sc3c(c2c(=O)[nH]1)CCC3)NCCCCc1ccccc1. The first kappa shape index (κ1) is 20.2. The van der Waals surface area contributed by atoms with Crippen molar-refractivity contribution in [1.82, 2.24) is 15.3 Å². The minimum Gasteiger partial charge on any atom is -0.355 e. The van der Waals surface area contributed by atoms with Crippen LogP contribution in [0.2, 0.25) is 0 Å². The van der Waals surface area contributed by atoms with Gasteiger partial charge in [0.15, 0.2) is 0 Å². The molecule has 5 nitrogen and oxygen atoms in total. The van der Waals surface area contributed by atoms with E-state index in [2.05, 4.69) is 39.6 Å². The first-order chi connectivity index (χ1) is 14.2. The van der Waals surface area contributed by atoms with Crippen LogP contribution >= 0.6 is 23.1 Å². The number of H-pyrrole nitrogens is 1. The molecule has 0 saturated heterocycles. The van der Waals surface area contributed by atoms with Gasteiger partial charge in [0, 0.05) is 11.4 Å². The number of benzene rings is 1. The fourth-order valence-corrected chi connectivity index (χ4v) is 5.73. The number of nitrogens with one attached hydrogen (secondary N) is 2. The molecule has 152 valence electrons. The van der Waals surface area contributed by atoms with E-state index in [0.29, 0.717) is 23.9 Å². The Hall–Kier alpha value is -2.12. The van der Waals surface area contributed by atoms with Crippen LogP contribution in [-0.4, -0.2) is 28.2 Å². The zero-order valence-electron chi connectivity index (χ0n) is 16.3. The number of amides is 1. The first-order valence-corrected chi connectivity index (χ1v) is 12.1. The fourth-order valence-electron chi connectivity index (χ4n) is 3.73. The van der Waals surface area contributed by atoms with Crippen molar-refractivity contribution in [1.29, 1.82) is 0 Å². The van der Waals surface area contributed by atoms with Crippen LogP contribution in [0.15, 0.2) is 35.1 Å². The summed E-state index contributed by atoms with van der Waals surface area (Å²) in [4.78, 5) is 34.1. The highest BCUT2D eigenvalue weighted by Crippen LogP contribution is 2.34. The molecule has 1 aliphatic carbocycles. The first-order valence-electron chi connectivity index (χ1n) is 10.1. The van der Waals surface area contributed by atoms with Crippen molar-refractivity contribution in [3.8, 4) is 0 Å². The number of aryl methyl sites for hydroxylation is 3. The van der Waals surface area contributed by atoms with Crippen molar-refractivity contribution < 1.29 is 4.79 Å². The number of hydrogen-bond donors (Lipinski definition) is 2. The van der Waals surface area contributed by atoms with Gasteiger partial charge in [-0.1, -0.05) is 30.3 Å². The predicted molar refractivity (Wildman–Crippen MR) is 121 cm³/mol. The number of unbranched alkanes of at least 4 members (excludes halogenated alkanes) is 1. The highest BCUT2D eigenvalue weighted by molar-refractivity contribution is 7.99. The van der Waals surface area contributed by atoms with Gasteiger partial charge in [-0.25, -0.2) is 4.98 Å². The largest absolute Gasteiger partial charge is 0.355 e. The van der Waals surface area contributed by atoms with Gasteiger partial charge in [0.1, 0.15) is 10.7 Å². The van der Waals surface area contributed by atoms with Crippen LogP contribution in [0.25, 0.3) is 10.2 Å². The molecule has 1 aromatic carbocycles. The summed E-state index contributed by atoms with van der Waals surface area (Å²) in [7, 11) is 0. The molecule has 3 aromatic rings. The number of nitrogens with zero attached hydrogens (tertiary/aromatic N) is 1. The summed E-state index contributed by atoms with van der Waals surface area (Å²) in [5.41, 5.74) is 2.50. The highest BCUT2D eigenvalue weighted by Gasteiger charge is 2.21. The van der Waals surface area contributed by atoms with Crippen LogP contribution in [0.5, 0.6) is 0 Å². The summed E-state index contributed by atoms with van der Waals surface area (Å²) in [5.74, 6) is 1.60.